The van der Waals surface area contributed by atoms with E-state index in [1.54, 1.807) is 0 Å². The molecule has 0 bridgehead atoms. The lowest BCUT2D eigenvalue weighted by Gasteiger charge is -2.08. The van der Waals surface area contributed by atoms with Crippen molar-refractivity contribution >= 4 is 33.7 Å². The second-order valence-corrected chi connectivity index (χ2v) is 6.30. The van der Waals surface area contributed by atoms with Gasteiger partial charge in [-0.15, -0.1) is 0 Å². The predicted octanol–water partition coefficient (Wildman–Crippen LogP) is 5.05. The Hall–Kier alpha value is -1.33. The molecule has 0 aliphatic rings. The number of carboxylic acid groups (broad SMARTS) is 1. The van der Waals surface area contributed by atoms with Gasteiger partial charge >= 0.3 is 5.97 Å². The van der Waals surface area contributed by atoms with E-state index in [1.165, 1.54) is 29.5 Å². The summed E-state index contributed by atoms with van der Waals surface area (Å²) >= 11 is 4.28. The molecule has 2 nitrogen and oxygen atoms in total. The second-order valence-electron chi connectivity index (χ2n) is 4.39. The van der Waals surface area contributed by atoms with Crippen LogP contribution >= 0.6 is 27.7 Å². The maximum atomic E-state index is 14.2. The molecule has 104 valence electrons. The zero-order chi connectivity index (χ0) is 14.9. The summed E-state index contributed by atoms with van der Waals surface area (Å²) in [6.07, 6.45) is 0. The van der Waals surface area contributed by atoms with Crippen LogP contribution in [0.3, 0.4) is 0 Å². The fraction of sp³-hybridized carbons (Fsp3) is 0.133. The smallest absolute Gasteiger partial charge is 0.336 e. The first-order valence-electron chi connectivity index (χ1n) is 5.86. The molecule has 0 spiro atoms. The lowest BCUT2D eigenvalue weighted by atomic mass is 10.1. The Labute approximate surface area is 129 Å². The number of carbonyl (C=O) groups is 1. The molecule has 2 aromatic carbocycles. The molecule has 0 atom stereocenters. The van der Waals surface area contributed by atoms with E-state index >= 15 is 0 Å². The summed E-state index contributed by atoms with van der Waals surface area (Å²) in [6, 6.07) is 8.78. The van der Waals surface area contributed by atoms with Gasteiger partial charge in [-0.25, -0.2) is 9.18 Å². The number of benzene rings is 2. The largest absolute Gasteiger partial charge is 0.478 e. The highest BCUT2D eigenvalue weighted by atomic mass is 79.9. The van der Waals surface area contributed by atoms with E-state index in [9.17, 15) is 9.18 Å². The van der Waals surface area contributed by atoms with Crippen LogP contribution in [-0.4, -0.2) is 11.1 Å². The molecular formula is C15H12BrFO2S. The van der Waals surface area contributed by atoms with Crippen LogP contribution < -0.4 is 0 Å². The van der Waals surface area contributed by atoms with Gasteiger partial charge in [-0.05, 0) is 65.2 Å². The molecule has 2 rings (SSSR count). The third-order valence-electron chi connectivity index (χ3n) is 2.98. The predicted molar refractivity (Wildman–Crippen MR) is 81.1 cm³/mol. The Bertz CT molecular complexity index is 686. The summed E-state index contributed by atoms with van der Waals surface area (Å²) < 4.78 is 14.1. The van der Waals surface area contributed by atoms with Gasteiger partial charge in [-0.3, -0.25) is 0 Å². The van der Waals surface area contributed by atoms with Crippen molar-refractivity contribution in [2.24, 2.45) is 0 Å². The first kappa shape index (κ1) is 15.1. The van der Waals surface area contributed by atoms with Gasteiger partial charge in [0.15, 0.2) is 5.82 Å². The highest BCUT2D eigenvalue weighted by molar-refractivity contribution is 9.10. The normalized spacial score (nSPS) is 10.6. The summed E-state index contributed by atoms with van der Waals surface area (Å²) in [5.74, 6) is -1.70. The lowest BCUT2D eigenvalue weighted by Crippen LogP contribution is -2.00. The Morgan fingerprint density at radius 1 is 1.20 bits per heavy atom. The van der Waals surface area contributed by atoms with Gasteiger partial charge in [0.05, 0.1) is 10.0 Å². The fourth-order valence-electron chi connectivity index (χ4n) is 1.68. The van der Waals surface area contributed by atoms with Gasteiger partial charge in [0.1, 0.15) is 0 Å². The number of rotatable bonds is 3. The Morgan fingerprint density at radius 3 is 2.50 bits per heavy atom. The first-order valence-corrected chi connectivity index (χ1v) is 7.47. The number of hydrogen-bond donors (Lipinski definition) is 1. The van der Waals surface area contributed by atoms with Gasteiger partial charge in [0.2, 0.25) is 0 Å². The van der Waals surface area contributed by atoms with Crippen molar-refractivity contribution in [2.75, 3.05) is 0 Å². The monoisotopic (exact) mass is 354 g/mol. The van der Waals surface area contributed by atoms with E-state index in [2.05, 4.69) is 15.9 Å². The van der Waals surface area contributed by atoms with Crippen molar-refractivity contribution < 1.29 is 14.3 Å². The van der Waals surface area contributed by atoms with E-state index < -0.39 is 11.8 Å². The van der Waals surface area contributed by atoms with Crippen LogP contribution in [0.15, 0.2) is 44.6 Å². The Kier molecular flexibility index (Phi) is 4.50. The van der Waals surface area contributed by atoms with Crippen LogP contribution in [0.5, 0.6) is 0 Å². The van der Waals surface area contributed by atoms with Gasteiger partial charge in [-0.2, -0.15) is 0 Å². The molecule has 0 amide bonds. The third-order valence-corrected chi connectivity index (χ3v) is 4.78. The molecule has 0 saturated heterocycles. The van der Waals surface area contributed by atoms with Gasteiger partial charge in [0, 0.05) is 9.79 Å². The summed E-state index contributed by atoms with van der Waals surface area (Å²) in [4.78, 5) is 12.2. The third kappa shape index (κ3) is 3.04. The average molecular weight is 355 g/mol. The molecule has 0 aliphatic heterocycles. The molecule has 0 aliphatic carbocycles. The maximum Gasteiger partial charge on any atom is 0.336 e. The summed E-state index contributed by atoms with van der Waals surface area (Å²) in [5, 5.41) is 8.93. The average Bonchev–Trinajstić information content (AvgIpc) is 2.39. The van der Waals surface area contributed by atoms with E-state index in [0.717, 1.165) is 10.5 Å². The Morgan fingerprint density at radius 2 is 1.90 bits per heavy atom. The van der Waals surface area contributed by atoms with Crippen LogP contribution in [0, 0.1) is 19.7 Å². The molecule has 0 saturated carbocycles. The van der Waals surface area contributed by atoms with Crippen LogP contribution in [0.1, 0.15) is 21.5 Å². The number of hydrogen-bond acceptors (Lipinski definition) is 2. The first-order chi connectivity index (χ1) is 9.40. The highest BCUT2D eigenvalue weighted by Gasteiger charge is 2.16. The number of halogens is 2. The van der Waals surface area contributed by atoms with Crippen molar-refractivity contribution in [3.05, 3.63) is 57.3 Å². The molecule has 0 unspecified atom stereocenters. The zero-order valence-electron chi connectivity index (χ0n) is 10.9. The van der Waals surface area contributed by atoms with Crippen molar-refractivity contribution in [1.82, 2.24) is 0 Å². The second kappa shape index (κ2) is 5.97. The molecule has 2 aromatic rings. The van der Waals surface area contributed by atoms with Crippen molar-refractivity contribution in [1.29, 1.82) is 0 Å². The van der Waals surface area contributed by atoms with E-state index in [-0.39, 0.29) is 10.0 Å². The topological polar surface area (TPSA) is 37.3 Å². The molecular weight excluding hydrogens is 343 g/mol. The molecule has 5 heteroatoms. The Balaban J connectivity index is 2.37. The number of aromatic carboxylic acids is 1. The van der Waals surface area contributed by atoms with E-state index in [0.29, 0.717) is 4.90 Å². The minimum Gasteiger partial charge on any atom is -0.478 e. The minimum atomic E-state index is -1.15. The van der Waals surface area contributed by atoms with Crippen LogP contribution in [0.25, 0.3) is 0 Å². The molecule has 0 aromatic heterocycles. The van der Waals surface area contributed by atoms with Crippen molar-refractivity contribution in [2.45, 2.75) is 23.6 Å². The number of aryl methyl sites for hydroxylation is 2. The zero-order valence-corrected chi connectivity index (χ0v) is 13.3. The highest BCUT2D eigenvalue weighted by Crippen LogP contribution is 2.35. The van der Waals surface area contributed by atoms with Crippen molar-refractivity contribution in [3.63, 3.8) is 0 Å². The summed E-state index contributed by atoms with van der Waals surface area (Å²) in [6.45, 7) is 4.02. The number of carboxylic acids is 1. The van der Waals surface area contributed by atoms with Crippen molar-refractivity contribution in [3.8, 4) is 0 Å². The van der Waals surface area contributed by atoms with Gasteiger partial charge in [0.25, 0.3) is 0 Å². The fourth-order valence-corrected chi connectivity index (χ4v) is 3.28. The van der Waals surface area contributed by atoms with E-state index in [4.69, 9.17) is 5.11 Å². The van der Waals surface area contributed by atoms with Crippen LogP contribution in [-0.2, 0) is 0 Å². The molecule has 0 radical (unpaired) electrons. The van der Waals surface area contributed by atoms with Gasteiger partial charge < -0.3 is 5.11 Å². The van der Waals surface area contributed by atoms with Crippen LogP contribution in [0.4, 0.5) is 4.39 Å². The van der Waals surface area contributed by atoms with E-state index in [1.807, 2.05) is 32.0 Å². The molecule has 20 heavy (non-hydrogen) atoms. The SMILES string of the molecule is Cc1ccc(Sc2ccc(C(=O)O)c(Br)c2F)cc1C. The quantitative estimate of drug-likeness (QED) is 0.837. The molecule has 1 N–H and O–H groups in total. The molecule has 0 fully saturated rings. The summed E-state index contributed by atoms with van der Waals surface area (Å²) in [5.41, 5.74) is 2.24. The molecule has 0 heterocycles. The minimum absolute atomic E-state index is 0.0150. The standard InChI is InChI=1S/C15H12BrFO2S/c1-8-3-4-10(7-9(8)2)20-12-6-5-11(15(18)19)13(16)14(12)17/h3-7H,1-2H3,(H,18,19). The van der Waals surface area contributed by atoms with Gasteiger partial charge in [-0.1, -0.05) is 17.8 Å². The van der Waals surface area contributed by atoms with Crippen LogP contribution in [0.2, 0.25) is 0 Å². The maximum absolute atomic E-state index is 14.2. The summed E-state index contributed by atoms with van der Waals surface area (Å²) in [7, 11) is 0. The lowest BCUT2D eigenvalue weighted by molar-refractivity contribution is 0.0695.